The van der Waals surface area contributed by atoms with Gasteiger partial charge in [-0.2, -0.15) is 0 Å². The van der Waals surface area contributed by atoms with Gasteiger partial charge in [-0.05, 0) is 43.6 Å². The summed E-state index contributed by atoms with van der Waals surface area (Å²) in [5.74, 6) is 0. The number of benzene rings is 1. The molecule has 88 valence electrons. The third-order valence-corrected chi connectivity index (χ3v) is 2.95. The van der Waals surface area contributed by atoms with E-state index in [2.05, 4.69) is 34.9 Å². The van der Waals surface area contributed by atoms with Crippen LogP contribution in [0.2, 0.25) is 0 Å². The van der Waals surface area contributed by atoms with Crippen LogP contribution in [-0.4, -0.2) is 26.2 Å². The zero-order valence-corrected chi connectivity index (χ0v) is 9.83. The molecule has 1 aromatic rings. The molecule has 3 heteroatoms. The highest BCUT2D eigenvalue weighted by Crippen LogP contribution is 2.15. The molecule has 0 aliphatic carbocycles. The average molecular weight is 220 g/mol. The standard InChI is InChI=1S/C13H20N2O/c1-16-10-11-3-2-4-13(9-11)15-12-5-7-14-8-6-12/h2-4,9,12,14-15H,5-8,10H2,1H3. The van der Waals surface area contributed by atoms with E-state index < -0.39 is 0 Å². The number of rotatable bonds is 4. The Morgan fingerprint density at radius 3 is 2.94 bits per heavy atom. The fourth-order valence-electron chi connectivity index (χ4n) is 2.12. The van der Waals surface area contributed by atoms with Crippen LogP contribution >= 0.6 is 0 Å². The normalized spacial score (nSPS) is 17.3. The maximum atomic E-state index is 5.14. The fraction of sp³-hybridized carbons (Fsp3) is 0.538. The molecule has 1 aromatic carbocycles. The van der Waals surface area contributed by atoms with Crippen molar-refractivity contribution in [2.24, 2.45) is 0 Å². The van der Waals surface area contributed by atoms with E-state index in [1.54, 1.807) is 7.11 Å². The highest BCUT2D eigenvalue weighted by molar-refractivity contribution is 5.46. The minimum atomic E-state index is 0.610. The van der Waals surface area contributed by atoms with E-state index in [4.69, 9.17) is 4.74 Å². The van der Waals surface area contributed by atoms with Gasteiger partial charge in [-0.1, -0.05) is 12.1 Å². The summed E-state index contributed by atoms with van der Waals surface area (Å²) in [4.78, 5) is 0. The number of anilines is 1. The fourth-order valence-corrected chi connectivity index (χ4v) is 2.12. The molecule has 0 amide bonds. The van der Waals surface area contributed by atoms with Crippen LogP contribution in [0, 0.1) is 0 Å². The van der Waals surface area contributed by atoms with Crippen molar-refractivity contribution >= 4 is 5.69 Å². The van der Waals surface area contributed by atoms with Gasteiger partial charge in [-0.25, -0.2) is 0 Å². The predicted molar refractivity (Wildman–Crippen MR) is 66.7 cm³/mol. The molecule has 1 aliphatic rings. The average Bonchev–Trinajstić information content (AvgIpc) is 2.31. The van der Waals surface area contributed by atoms with Crippen LogP contribution in [0.1, 0.15) is 18.4 Å². The van der Waals surface area contributed by atoms with Crippen LogP contribution < -0.4 is 10.6 Å². The second kappa shape index (κ2) is 5.87. The van der Waals surface area contributed by atoms with Gasteiger partial charge < -0.3 is 15.4 Å². The van der Waals surface area contributed by atoms with Gasteiger partial charge in [0.2, 0.25) is 0 Å². The minimum absolute atomic E-state index is 0.610. The second-order valence-corrected chi connectivity index (χ2v) is 4.30. The number of hydrogen-bond acceptors (Lipinski definition) is 3. The molecule has 16 heavy (non-hydrogen) atoms. The molecular formula is C13H20N2O. The lowest BCUT2D eigenvalue weighted by Gasteiger charge is -2.24. The van der Waals surface area contributed by atoms with Gasteiger partial charge in [0.05, 0.1) is 6.61 Å². The van der Waals surface area contributed by atoms with Gasteiger partial charge in [0, 0.05) is 18.8 Å². The largest absolute Gasteiger partial charge is 0.382 e. The van der Waals surface area contributed by atoms with Crippen molar-refractivity contribution in [2.45, 2.75) is 25.5 Å². The van der Waals surface area contributed by atoms with Crippen molar-refractivity contribution in [1.82, 2.24) is 5.32 Å². The van der Waals surface area contributed by atoms with E-state index in [1.807, 2.05) is 0 Å². The van der Waals surface area contributed by atoms with E-state index in [-0.39, 0.29) is 0 Å². The summed E-state index contributed by atoms with van der Waals surface area (Å²) in [6.07, 6.45) is 2.41. The Balaban J connectivity index is 1.94. The van der Waals surface area contributed by atoms with Crippen molar-refractivity contribution in [3.05, 3.63) is 29.8 Å². The Labute approximate surface area is 97.2 Å². The molecular weight excluding hydrogens is 200 g/mol. The van der Waals surface area contributed by atoms with Gasteiger partial charge in [0.25, 0.3) is 0 Å². The summed E-state index contributed by atoms with van der Waals surface area (Å²) in [7, 11) is 1.73. The molecule has 0 spiro atoms. The Bertz CT molecular complexity index is 321. The van der Waals surface area contributed by atoms with Crippen LogP contribution in [0.3, 0.4) is 0 Å². The highest BCUT2D eigenvalue weighted by Gasteiger charge is 2.12. The van der Waals surface area contributed by atoms with Crippen LogP contribution in [0.5, 0.6) is 0 Å². The second-order valence-electron chi connectivity index (χ2n) is 4.30. The molecule has 0 saturated carbocycles. The molecule has 1 heterocycles. The van der Waals surface area contributed by atoms with Gasteiger partial charge in [-0.3, -0.25) is 0 Å². The zero-order valence-electron chi connectivity index (χ0n) is 9.83. The summed E-state index contributed by atoms with van der Waals surface area (Å²) < 4.78 is 5.14. The molecule has 1 fully saturated rings. The Morgan fingerprint density at radius 2 is 2.19 bits per heavy atom. The van der Waals surface area contributed by atoms with Crippen LogP contribution in [0.25, 0.3) is 0 Å². The Kier molecular flexibility index (Phi) is 4.19. The first-order valence-corrected chi connectivity index (χ1v) is 5.93. The lowest BCUT2D eigenvalue weighted by Crippen LogP contribution is -2.35. The number of methoxy groups -OCH3 is 1. The number of nitrogens with one attached hydrogen (secondary N) is 2. The molecule has 1 aliphatic heterocycles. The topological polar surface area (TPSA) is 33.3 Å². The zero-order chi connectivity index (χ0) is 11.2. The van der Waals surface area contributed by atoms with E-state index in [9.17, 15) is 0 Å². The first-order valence-electron chi connectivity index (χ1n) is 5.93. The Morgan fingerprint density at radius 1 is 1.38 bits per heavy atom. The van der Waals surface area contributed by atoms with Crippen molar-refractivity contribution < 1.29 is 4.74 Å². The predicted octanol–water partition coefficient (Wildman–Crippen LogP) is 2.00. The van der Waals surface area contributed by atoms with Crippen molar-refractivity contribution in [3.8, 4) is 0 Å². The lowest BCUT2D eigenvalue weighted by molar-refractivity contribution is 0.185. The summed E-state index contributed by atoms with van der Waals surface area (Å²) in [5, 5.41) is 6.96. The van der Waals surface area contributed by atoms with E-state index in [0.717, 1.165) is 13.1 Å². The first-order chi connectivity index (χ1) is 7.88. The third-order valence-electron chi connectivity index (χ3n) is 2.95. The van der Waals surface area contributed by atoms with Crippen LogP contribution in [0.15, 0.2) is 24.3 Å². The minimum Gasteiger partial charge on any atom is -0.382 e. The first kappa shape index (κ1) is 11.4. The number of hydrogen-bond donors (Lipinski definition) is 2. The molecule has 0 bridgehead atoms. The van der Waals surface area contributed by atoms with Crippen molar-refractivity contribution in [2.75, 3.05) is 25.5 Å². The molecule has 0 atom stereocenters. The van der Waals surface area contributed by atoms with E-state index in [1.165, 1.54) is 24.1 Å². The molecule has 2 rings (SSSR count). The molecule has 0 unspecified atom stereocenters. The monoisotopic (exact) mass is 220 g/mol. The van der Waals surface area contributed by atoms with Gasteiger partial charge in [0.15, 0.2) is 0 Å². The van der Waals surface area contributed by atoms with Gasteiger partial charge >= 0.3 is 0 Å². The molecule has 2 N–H and O–H groups in total. The molecule has 0 aromatic heterocycles. The van der Waals surface area contributed by atoms with E-state index >= 15 is 0 Å². The van der Waals surface area contributed by atoms with E-state index in [0.29, 0.717) is 12.6 Å². The third kappa shape index (κ3) is 3.22. The van der Waals surface area contributed by atoms with Gasteiger partial charge in [0.1, 0.15) is 0 Å². The number of piperidine rings is 1. The van der Waals surface area contributed by atoms with Gasteiger partial charge in [-0.15, -0.1) is 0 Å². The quantitative estimate of drug-likeness (QED) is 0.814. The SMILES string of the molecule is COCc1cccc(NC2CCNCC2)c1. The molecule has 0 radical (unpaired) electrons. The highest BCUT2D eigenvalue weighted by atomic mass is 16.5. The summed E-state index contributed by atoms with van der Waals surface area (Å²) in [6.45, 7) is 2.92. The molecule has 3 nitrogen and oxygen atoms in total. The Hall–Kier alpha value is -1.06. The maximum Gasteiger partial charge on any atom is 0.0713 e. The summed E-state index contributed by atoms with van der Waals surface area (Å²) >= 11 is 0. The van der Waals surface area contributed by atoms with Crippen molar-refractivity contribution in [3.63, 3.8) is 0 Å². The molecule has 1 saturated heterocycles. The van der Waals surface area contributed by atoms with Crippen LogP contribution in [0.4, 0.5) is 5.69 Å². The van der Waals surface area contributed by atoms with Crippen LogP contribution in [-0.2, 0) is 11.3 Å². The lowest BCUT2D eigenvalue weighted by atomic mass is 10.1. The number of ether oxygens (including phenoxy) is 1. The summed E-state index contributed by atoms with van der Waals surface area (Å²) in [5.41, 5.74) is 2.43. The summed E-state index contributed by atoms with van der Waals surface area (Å²) in [6, 6.07) is 9.08. The van der Waals surface area contributed by atoms with Crippen molar-refractivity contribution in [1.29, 1.82) is 0 Å². The maximum absolute atomic E-state index is 5.14. The smallest absolute Gasteiger partial charge is 0.0713 e.